The van der Waals surface area contributed by atoms with Gasteiger partial charge in [-0.25, -0.2) is 0 Å². The number of hydrogen-bond acceptors (Lipinski definition) is 4. The Morgan fingerprint density at radius 3 is 2.49 bits per heavy atom. The van der Waals surface area contributed by atoms with Crippen molar-refractivity contribution in [2.45, 2.75) is 53.1 Å². The van der Waals surface area contributed by atoms with E-state index < -0.39 is 0 Å². The first-order chi connectivity index (χ1) is 16.9. The van der Waals surface area contributed by atoms with Crippen LogP contribution in [0.5, 0.6) is 0 Å². The molecular weight excluding hydrogens is 434 g/mol. The fourth-order valence-electron chi connectivity index (χ4n) is 4.78. The summed E-state index contributed by atoms with van der Waals surface area (Å²) in [7, 11) is 0. The average molecular weight is 472 g/mol. The number of carbonyl (C=O) groups excluding carboxylic acids is 1. The number of aryl methyl sites for hydroxylation is 2. The van der Waals surface area contributed by atoms with E-state index in [-0.39, 0.29) is 11.9 Å². The topological polar surface area (TPSA) is 63.1 Å². The van der Waals surface area contributed by atoms with Gasteiger partial charge in [0.15, 0.2) is 5.82 Å². The molecule has 1 unspecified atom stereocenters. The molecule has 184 valence electrons. The molecule has 1 aliphatic rings. The minimum Gasteiger partial charge on any atom is -0.342 e. The van der Waals surface area contributed by atoms with E-state index in [4.69, 9.17) is 0 Å². The van der Waals surface area contributed by atoms with Crippen LogP contribution in [0.3, 0.4) is 0 Å². The van der Waals surface area contributed by atoms with Gasteiger partial charge in [0.2, 0.25) is 0 Å². The number of hydrogen-bond donors (Lipinski definition) is 1. The Labute approximate surface area is 209 Å². The van der Waals surface area contributed by atoms with E-state index in [0.29, 0.717) is 11.5 Å². The highest BCUT2D eigenvalue weighted by Crippen LogP contribution is 2.23. The summed E-state index contributed by atoms with van der Waals surface area (Å²) in [5, 5.41) is 12.4. The molecule has 1 aliphatic heterocycles. The van der Waals surface area contributed by atoms with Crippen LogP contribution < -0.4 is 5.32 Å². The number of amides is 1. The first kappa shape index (κ1) is 24.9. The van der Waals surface area contributed by atoms with Gasteiger partial charge in [0.05, 0.1) is 6.04 Å². The molecule has 1 N–H and O–H groups in total. The maximum atomic E-state index is 13.2. The van der Waals surface area contributed by atoms with Crippen molar-refractivity contribution in [1.29, 1.82) is 0 Å². The lowest BCUT2D eigenvalue weighted by molar-refractivity contribution is 0.0928. The molecule has 3 aromatic rings. The number of fused-ring (bicyclic) bond motifs is 1. The molecule has 0 aliphatic carbocycles. The SMILES string of the molecule is Cc1cc(C)cc(C(=O)NC(CC(C)C)c2nnc3n2CCN(C/C=C/c2ccccc2)CC3)c1. The van der Waals surface area contributed by atoms with Crippen LogP contribution in [0.15, 0.2) is 54.6 Å². The summed E-state index contributed by atoms with van der Waals surface area (Å²) in [6, 6.07) is 16.2. The zero-order valence-corrected chi connectivity index (χ0v) is 21.4. The molecule has 1 amide bonds. The minimum atomic E-state index is -0.172. The van der Waals surface area contributed by atoms with Gasteiger partial charge in [0.1, 0.15) is 5.82 Å². The quantitative estimate of drug-likeness (QED) is 0.503. The number of nitrogens with zero attached hydrogens (tertiary/aromatic N) is 4. The van der Waals surface area contributed by atoms with E-state index in [9.17, 15) is 4.79 Å². The molecular formula is C29H37N5O. The fraction of sp³-hybridized carbons (Fsp3) is 0.414. The van der Waals surface area contributed by atoms with Gasteiger partial charge in [-0.15, -0.1) is 10.2 Å². The summed E-state index contributed by atoms with van der Waals surface area (Å²) in [6.45, 7) is 12.0. The molecule has 6 heteroatoms. The maximum Gasteiger partial charge on any atom is 0.251 e. The average Bonchev–Trinajstić information content (AvgIpc) is 3.12. The lowest BCUT2D eigenvalue weighted by Crippen LogP contribution is -2.32. The first-order valence-electron chi connectivity index (χ1n) is 12.6. The highest BCUT2D eigenvalue weighted by molar-refractivity contribution is 5.94. The van der Waals surface area contributed by atoms with Crippen LogP contribution in [-0.2, 0) is 13.0 Å². The summed E-state index contributed by atoms with van der Waals surface area (Å²) in [4.78, 5) is 15.6. The van der Waals surface area contributed by atoms with Crippen LogP contribution in [0.2, 0.25) is 0 Å². The molecule has 4 rings (SSSR count). The molecule has 35 heavy (non-hydrogen) atoms. The number of nitrogens with one attached hydrogen (secondary N) is 1. The van der Waals surface area contributed by atoms with E-state index in [1.165, 1.54) is 5.56 Å². The molecule has 2 aromatic carbocycles. The van der Waals surface area contributed by atoms with Crippen LogP contribution >= 0.6 is 0 Å². The summed E-state index contributed by atoms with van der Waals surface area (Å²) < 4.78 is 2.23. The van der Waals surface area contributed by atoms with Crippen molar-refractivity contribution in [2.75, 3.05) is 19.6 Å². The molecule has 0 saturated carbocycles. The Balaban J connectivity index is 1.46. The summed E-state index contributed by atoms with van der Waals surface area (Å²) in [5.41, 5.74) is 4.10. The number of aromatic nitrogens is 3. The van der Waals surface area contributed by atoms with Crippen LogP contribution in [0.4, 0.5) is 0 Å². The second-order valence-corrected chi connectivity index (χ2v) is 10.0. The summed E-state index contributed by atoms with van der Waals surface area (Å²) in [5.74, 6) is 2.23. The number of carbonyl (C=O) groups is 1. The third-order valence-corrected chi connectivity index (χ3v) is 6.43. The Kier molecular flexibility index (Phi) is 8.13. The van der Waals surface area contributed by atoms with E-state index in [1.54, 1.807) is 0 Å². The predicted octanol–water partition coefficient (Wildman–Crippen LogP) is 4.98. The normalized spacial score (nSPS) is 15.2. The van der Waals surface area contributed by atoms with E-state index in [0.717, 1.165) is 61.8 Å². The second-order valence-electron chi connectivity index (χ2n) is 10.0. The van der Waals surface area contributed by atoms with Gasteiger partial charge in [-0.2, -0.15) is 0 Å². The molecule has 6 nitrogen and oxygen atoms in total. The largest absolute Gasteiger partial charge is 0.342 e. The Morgan fingerprint density at radius 1 is 1.03 bits per heavy atom. The van der Waals surface area contributed by atoms with Crippen molar-refractivity contribution in [2.24, 2.45) is 5.92 Å². The molecule has 0 saturated heterocycles. The van der Waals surface area contributed by atoms with Gasteiger partial charge in [-0.1, -0.05) is 73.5 Å². The van der Waals surface area contributed by atoms with Crippen molar-refractivity contribution in [3.63, 3.8) is 0 Å². The molecule has 0 radical (unpaired) electrons. The van der Waals surface area contributed by atoms with Crippen LogP contribution in [0, 0.1) is 19.8 Å². The summed E-state index contributed by atoms with van der Waals surface area (Å²) in [6.07, 6.45) is 6.08. The lowest BCUT2D eigenvalue weighted by atomic mass is 10.0. The third-order valence-electron chi connectivity index (χ3n) is 6.43. The lowest BCUT2D eigenvalue weighted by Gasteiger charge is -2.22. The highest BCUT2D eigenvalue weighted by Gasteiger charge is 2.26. The Morgan fingerprint density at radius 2 is 1.77 bits per heavy atom. The zero-order chi connectivity index (χ0) is 24.8. The maximum absolute atomic E-state index is 13.2. The fourth-order valence-corrected chi connectivity index (χ4v) is 4.78. The van der Waals surface area contributed by atoms with Gasteiger partial charge in [0.25, 0.3) is 5.91 Å². The molecule has 0 fully saturated rings. The second kappa shape index (κ2) is 11.5. The number of rotatable bonds is 8. The van der Waals surface area contributed by atoms with Gasteiger partial charge in [-0.05, 0) is 43.9 Å². The van der Waals surface area contributed by atoms with Crippen molar-refractivity contribution < 1.29 is 4.79 Å². The molecule has 0 bridgehead atoms. The first-order valence-corrected chi connectivity index (χ1v) is 12.6. The third kappa shape index (κ3) is 6.67. The van der Waals surface area contributed by atoms with Gasteiger partial charge in [-0.3, -0.25) is 9.69 Å². The molecule has 2 heterocycles. The molecule has 0 spiro atoms. The van der Waals surface area contributed by atoms with Crippen molar-refractivity contribution in [3.8, 4) is 0 Å². The Bertz CT molecular complexity index is 1140. The van der Waals surface area contributed by atoms with Crippen molar-refractivity contribution in [1.82, 2.24) is 25.0 Å². The smallest absolute Gasteiger partial charge is 0.251 e. The van der Waals surface area contributed by atoms with Gasteiger partial charge in [0, 0.05) is 38.2 Å². The molecule has 1 aromatic heterocycles. The van der Waals surface area contributed by atoms with Gasteiger partial charge < -0.3 is 9.88 Å². The minimum absolute atomic E-state index is 0.0545. The van der Waals surface area contributed by atoms with E-state index >= 15 is 0 Å². The summed E-state index contributed by atoms with van der Waals surface area (Å²) >= 11 is 0. The van der Waals surface area contributed by atoms with Crippen molar-refractivity contribution in [3.05, 3.63) is 88.5 Å². The highest BCUT2D eigenvalue weighted by atomic mass is 16.1. The zero-order valence-electron chi connectivity index (χ0n) is 21.4. The standard InChI is InChI=1S/C29H37N5O/c1-21(2)17-26(30-29(35)25-19-22(3)18-23(4)20-25)28-32-31-27-12-14-33(15-16-34(27)28)13-8-11-24-9-6-5-7-10-24/h5-11,18-21,26H,12-17H2,1-4H3,(H,30,35)/b11-8+. The van der Waals surface area contributed by atoms with Crippen LogP contribution in [0.1, 0.15) is 65.0 Å². The van der Waals surface area contributed by atoms with E-state index in [2.05, 4.69) is 81.3 Å². The molecule has 1 atom stereocenters. The monoisotopic (exact) mass is 471 g/mol. The predicted molar refractivity (Wildman–Crippen MR) is 141 cm³/mol. The van der Waals surface area contributed by atoms with Crippen LogP contribution in [-0.4, -0.2) is 45.2 Å². The van der Waals surface area contributed by atoms with Gasteiger partial charge >= 0.3 is 0 Å². The van der Waals surface area contributed by atoms with Crippen molar-refractivity contribution >= 4 is 12.0 Å². The van der Waals surface area contributed by atoms with Crippen LogP contribution in [0.25, 0.3) is 6.08 Å². The number of benzene rings is 2. The van der Waals surface area contributed by atoms with E-state index in [1.807, 2.05) is 32.0 Å². The Hall–Kier alpha value is -3.25.